The van der Waals surface area contributed by atoms with E-state index in [4.69, 9.17) is 13.6 Å². The van der Waals surface area contributed by atoms with Crippen molar-refractivity contribution in [3.05, 3.63) is 107 Å². The average Bonchev–Trinajstić information content (AvgIpc) is 3.37. The molecule has 6 rings (SSSR count). The summed E-state index contributed by atoms with van der Waals surface area (Å²) in [4.78, 5) is 31.8. The van der Waals surface area contributed by atoms with Crippen molar-refractivity contribution in [1.29, 1.82) is 0 Å². The minimum Gasteiger partial charge on any atom is -0.484 e. The molecule has 1 saturated carbocycles. The zero-order valence-corrected chi connectivity index (χ0v) is 21.2. The van der Waals surface area contributed by atoms with Crippen LogP contribution in [0.5, 0.6) is 5.75 Å². The largest absolute Gasteiger partial charge is 0.484 e. The van der Waals surface area contributed by atoms with Gasteiger partial charge >= 0.3 is 0 Å². The smallest absolute Gasteiger partial charge is 0.290 e. The van der Waals surface area contributed by atoms with Crippen LogP contribution in [0.25, 0.3) is 0 Å². The van der Waals surface area contributed by atoms with Crippen molar-refractivity contribution in [2.45, 2.75) is 38.8 Å². The van der Waals surface area contributed by atoms with E-state index in [0.29, 0.717) is 36.4 Å². The first kappa shape index (κ1) is 24.0. The number of oxazole rings is 1. The Morgan fingerprint density at radius 1 is 1.11 bits per heavy atom. The van der Waals surface area contributed by atoms with Crippen LogP contribution in [0.3, 0.4) is 0 Å². The molecule has 1 aliphatic heterocycles. The van der Waals surface area contributed by atoms with E-state index in [0.717, 1.165) is 28.7 Å². The predicted octanol–water partition coefficient (Wildman–Crippen LogP) is 5.08. The number of aromatic nitrogens is 1. The van der Waals surface area contributed by atoms with Crippen LogP contribution in [0.1, 0.15) is 68.1 Å². The van der Waals surface area contributed by atoms with E-state index in [-0.39, 0.29) is 30.2 Å². The van der Waals surface area contributed by atoms with Crippen LogP contribution in [0.15, 0.2) is 76.0 Å². The van der Waals surface area contributed by atoms with Crippen molar-refractivity contribution < 1.29 is 23.2 Å². The summed E-state index contributed by atoms with van der Waals surface area (Å²) in [5.74, 6) is 1.48. The van der Waals surface area contributed by atoms with Gasteiger partial charge in [0.2, 0.25) is 5.89 Å². The maximum Gasteiger partial charge on any atom is 0.290 e. The Morgan fingerprint density at radius 2 is 2.00 bits per heavy atom. The highest BCUT2D eigenvalue weighted by atomic mass is 16.5. The topological polar surface area (TPSA) is 97.8 Å². The lowest BCUT2D eigenvalue weighted by Gasteiger charge is -2.37. The number of ether oxygens (including phenoxy) is 1. The standard InChI is InChI=1S/C30H29N3O5/c1-19-4-2-5-22(14-19)28-24-15-23(10-9-21(24)11-12-33(28)30(35)26-6-3-13-36-26)37-18-27-32-25(17-38-27)29(34)31-16-20-7-8-20/h2-6,9-10,13-15,17,20,28H,7-8,11-12,16,18H2,1H3,(H,31,34)/t28-/m1/s1. The number of fused-ring (bicyclic) bond motifs is 1. The van der Waals surface area contributed by atoms with Gasteiger partial charge in [-0.05, 0) is 73.1 Å². The molecule has 0 radical (unpaired) electrons. The van der Waals surface area contributed by atoms with Crippen LogP contribution in [-0.4, -0.2) is 34.8 Å². The summed E-state index contributed by atoms with van der Waals surface area (Å²) in [7, 11) is 0. The molecule has 0 spiro atoms. The van der Waals surface area contributed by atoms with Gasteiger partial charge in [0.05, 0.1) is 12.3 Å². The van der Waals surface area contributed by atoms with Crippen molar-refractivity contribution in [1.82, 2.24) is 15.2 Å². The van der Waals surface area contributed by atoms with Crippen LogP contribution >= 0.6 is 0 Å². The molecule has 8 heteroatoms. The summed E-state index contributed by atoms with van der Waals surface area (Å²) in [6.07, 6.45) is 5.93. The fourth-order valence-electron chi connectivity index (χ4n) is 4.92. The Morgan fingerprint density at radius 3 is 2.79 bits per heavy atom. The SMILES string of the molecule is Cc1cccc([C@@H]2c3cc(OCc4nc(C(=O)NCC5CC5)co4)ccc3CCN2C(=O)c2ccco2)c1. The number of rotatable bonds is 8. The van der Waals surface area contributed by atoms with Crippen LogP contribution in [0, 0.1) is 12.8 Å². The summed E-state index contributed by atoms with van der Waals surface area (Å²) < 4.78 is 16.9. The molecular weight excluding hydrogens is 482 g/mol. The van der Waals surface area contributed by atoms with Crippen molar-refractivity contribution >= 4 is 11.8 Å². The Kier molecular flexibility index (Phi) is 6.45. The third-order valence-corrected chi connectivity index (χ3v) is 7.09. The van der Waals surface area contributed by atoms with Gasteiger partial charge in [-0.3, -0.25) is 9.59 Å². The first-order valence-corrected chi connectivity index (χ1v) is 12.9. The number of furan rings is 1. The lowest BCUT2D eigenvalue weighted by molar-refractivity contribution is 0.0661. The predicted molar refractivity (Wildman–Crippen MR) is 139 cm³/mol. The number of nitrogens with one attached hydrogen (secondary N) is 1. The maximum absolute atomic E-state index is 13.4. The first-order chi connectivity index (χ1) is 18.5. The lowest BCUT2D eigenvalue weighted by atomic mass is 9.87. The van der Waals surface area contributed by atoms with E-state index in [1.54, 1.807) is 12.1 Å². The number of aryl methyl sites for hydroxylation is 1. The molecule has 0 saturated heterocycles. The second-order valence-electron chi connectivity index (χ2n) is 9.97. The van der Waals surface area contributed by atoms with E-state index in [9.17, 15) is 9.59 Å². The first-order valence-electron chi connectivity index (χ1n) is 12.9. The summed E-state index contributed by atoms with van der Waals surface area (Å²) in [5, 5.41) is 2.89. The molecule has 1 N–H and O–H groups in total. The zero-order chi connectivity index (χ0) is 26.1. The van der Waals surface area contributed by atoms with Gasteiger partial charge in [-0.25, -0.2) is 4.98 Å². The number of benzene rings is 2. The van der Waals surface area contributed by atoms with Gasteiger partial charge in [0.1, 0.15) is 12.0 Å². The number of carbonyl (C=O) groups is 2. The monoisotopic (exact) mass is 511 g/mol. The molecule has 2 aromatic heterocycles. The molecule has 1 atom stereocenters. The van der Waals surface area contributed by atoms with Crippen LogP contribution in [0.4, 0.5) is 0 Å². The highest BCUT2D eigenvalue weighted by molar-refractivity contribution is 5.92. The molecule has 2 aliphatic rings. The quantitative estimate of drug-likeness (QED) is 0.354. The van der Waals surface area contributed by atoms with Crippen molar-refractivity contribution in [3.8, 4) is 5.75 Å². The third-order valence-electron chi connectivity index (χ3n) is 7.09. The third kappa shape index (κ3) is 5.07. The Labute approximate surface area is 220 Å². The molecule has 1 fully saturated rings. The Hall–Kier alpha value is -4.33. The molecule has 4 aromatic rings. The van der Waals surface area contributed by atoms with Gasteiger partial charge in [-0.15, -0.1) is 0 Å². The normalized spacial score (nSPS) is 16.7. The molecule has 2 aromatic carbocycles. The molecule has 1 aliphatic carbocycles. The fraction of sp³-hybridized carbons (Fsp3) is 0.300. The number of hydrogen-bond acceptors (Lipinski definition) is 6. The van der Waals surface area contributed by atoms with Crippen molar-refractivity contribution in [3.63, 3.8) is 0 Å². The molecule has 8 nitrogen and oxygen atoms in total. The summed E-state index contributed by atoms with van der Waals surface area (Å²) in [6.45, 7) is 3.38. The van der Waals surface area contributed by atoms with E-state index < -0.39 is 0 Å². The van der Waals surface area contributed by atoms with Crippen LogP contribution < -0.4 is 10.1 Å². The summed E-state index contributed by atoms with van der Waals surface area (Å²) in [5.41, 5.74) is 4.57. The van der Waals surface area contributed by atoms with Gasteiger partial charge in [-0.2, -0.15) is 0 Å². The van der Waals surface area contributed by atoms with Crippen LogP contribution in [-0.2, 0) is 13.0 Å². The summed E-state index contributed by atoms with van der Waals surface area (Å²) >= 11 is 0. The molecule has 38 heavy (non-hydrogen) atoms. The number of carbonyl (C=O) groups excluding carboxylic acids is 2. The molecule has 194 valence electrons. The van der Waals surface area contributed by atoms with Crippen molar-refractivity contribution in [2.75, 3.05) is 13.1 Å². The average molecular weight is 512 g/mol. The fourth-order valence-corrected chi connectivity index (χ4v) is 4.92. The van der Waals surface area contributed by atoms with E-state index >= 15 is 0 Å². The number of hydrogen-bond donors (Lipinski definition) is 1. The Balaban J connectivity index is 1.23. The summed E-state index contributed by atoms with van der Waals surface area (Å²) in [6, 6.07) is 17.3. The van der Waals surface area contributed by atoms with Gasteiger partial charge < -0.3 is 23.8 Å². The molecular formula is C30H29N3O5. The van der Waals surface area contributed by atoms with E-state index in [1.807, 2.05) is 42.2 Å². The highest BCUT2D eigenvalue weighted by Crippen LogP contribution is 2.38. The Bertz CT molecular complexity index is 1450. The van der Waals surface area contributed by atoms with Gasteiger partial charge in [0.25, 0.3) is 11.8 Å². The van der Waals surface area contributed by atoms with Crippen molar-refractivity contribution in [2.24, 2.45) is 5.92 Å². The zero-order valence-electron chi connectivity index (χ0n) is 21.2. The van der Waals surface area contributed by atoms with E-state index in [1.165, 1.54) is 25.4 Å². The van der Waals surface area contributed by atoms with E-state index in [2.05, 4.69) is 22.4 Å². The second-order valence-corrected chi connectivity index (χ2v) is 9.97. The molecule has 0 unspecified atom stereocenters. The minimum atomic E-state index is -0.289. The minimum absolute atomic E-state index is 0.0822. The molecule has 2 amide bonds. The van der Waals surface area contributed by atoms with Gasteiger partial charge in [-0.1, -0.05) is 35.9 Å². The maximum atomic E-state index is 13.4. The number of nitrogens with zero attached hydrogens (tertiary/aromatic N) is 2. The second kappa shape index (κ2) is 10.2. The highest BCUT2D eigenvalue weighted by Gasteiger charge is 2.34. The molecule has 0 bridgehead atoms. The lowest BCUT2D eigenvalue weighted by Crippen LogP contribution is -2.40. The molecule has 3 heterocycles. The van der Waals surface area contributed by atoms with Gasteiger partial charge in [0, 0.05) is 13.1 Å². The number of amides is 2. The van der Waals surface area contributed by atoms with Crippen LogP contribution in [0.2, 0.25) is 0 Å². The van der Waals surface area contributed by atoms with Gasteiger partial charge in [0.15, 0.2) is 18.1 Å².